The molecule has 1 amide bonds. The van der Waals surface area contributed by atoms with Crippen molar-refractivity contribution in [3.05, 3.63) is 95.3 Å². The lowest BCUT2D eigenvalue weighted by molar-refractivity contribution is -0.0943. The number of cyclic esters (lactones) is 1. The minimum atomic E-state index is -1.04. The van der Waals surface area contributed by atoms with Crippen molar-refractivity contribution in [3.63, 3.8) is 0 Å². The van der Waals surface area contributed by atoms with Gasteiger partial charge < -0.3 is 15.0 Å². The van der Waals surface area contributed by atoms with Gasteiger partial charge in [0.15, 0.2) is 0 Å². The van der Waals surface area contributed by atoms with E-state index in [1.807, 2.05) is 19.1 Å². The molecule has 3 N–H and O–H groups in total. The van der Waals surface area contributed by atoms with Crippen molar-refractivity contribution in [1.82, 2.24) is 10.2 Å². The molecule has 0 spiro atoms. The summed E-state index contributed by atoms with van der Waals surface area (Å²) < 4.78 is 47.1. The van der Waals surface area contributed by atoms with E-state index in [9.17, 15) is 18.0 Å². The third-order valence-electron chi connectivity index (χ3n) is 6.93. The van der Waals surface area contributed by atoms with E-state index in [0.717, 1.165) is 11.6 Å². The van der Waals surface area contributed by atoms with Crippen LogP contribution in [0.4, 0.5) is 18.0 Å². The van der Waals surface area contributed by atoms with Gasteiger partial charge in [0.25, 0.3) is 0 Å². The molecule has 9 heteroatoms. The number of likely N-dealkylation sites (N-methyl/N-ethyl adjacent to an activating group) is 1. The van der Waals surface area contributed by atoms with E-state index in [1.165, 1.54) is 24.3 Å². The van der Waals surface area contributed by atoms with Gasteiger partial charge in [0.05, 0.1) is 12.1 Å². The molecule has 0 aromatic heterocycles. The van der Waals surface area contributed by atoms with E-state index in [1.54, 1.807) is 36.2 Å². The first-order valence-corrected chi connectivity index (χ1v) is 12.1. The van der Waals surface area contributed by atoms with Gasteiger partial charge >= 0.3 is 6.09 Å². The molecule has 0 radical (unpaired) electrons. The van der Waals surface area contributed by atoms with Crippen molar-refractivity contribution in [1.29, 1.82) is 0 Å². The fourth-order valence-electron chi connectivity index (χ4n) is 4.85. The predicted molar refractivity (Wildman–Crippen MR) is 134 cm³/mol. The number of carbonyl (C=O) groups is 1. The molecular formula is C28H30F3N3O3. The molecule has 4 rings (SSSR count). The predicted octanol–water partition coefficient (Wildman–Crippen LogP) is 5.44. The number of rotatable bonds is 9. The number of nitrogens with one attached hydrogen (secondary N) is 1. The topological polar surface area (TPSA) is 76.8 Å². The normalized spacial score (nSPS) is 19.4. The first-order chi connectivity index (χ1) is 17.8. The van der Waals surface area contributed by atoms with Crippen molar-refractivity contribution < 1.29 is 27.5 Å². The third kappa shape index (κ3) is 5.79. The number of halogens is 3. The van der Waals surface area contributed by atoms with Crippen LogP contribution in [0.5, 0.6) is 0 Å². The summed E-state index contributed by atoms with van der Waals surface area (Å²) in [4.78, 5) is 20.0. The number of nitrogens with zero attached hydrogens (tertiary/aromatic N) is 1. The number of hydrogen-bond acceptors (Lipinski definition) is 5. The summed E-state index contributed by atoms with van der Waals surface area (Å²) in [6, 6.07) is 16.1. The molecule has 1 saturated heterocycles. The monoisotopic (exact) mass is 513 g/mol. The van der Waals surface area contributed by atoms with Crippen molar-refractivity contribution in [3.8, 4) is 11.1 Å². The second kappa shape index (κ2) is 11.3. The average molecular weight is 514 g/mol. The summed E-state index contributed by atoms with van der Waals surface area (Å²) >= 11 is 0. The van der Waals surface area contributed by atoms with Crippen LogP contribution in [-0.4, -0.2) is 37.2 Å². The zero-order chi connectivity index (χ0) is 26.6. The molecule has 0 bridgehead atoms. The van der Waals surface area contributed by atoms with Crippen LogP contribution >= 0.6 is 0 Å². The van der Waals surface area contributed by atoms with Gasteiger partial charge in [-0.3, -0.25) is 4.84 Å². The number of amides is 1. The zero-order valence-corrected chi connectivity index (χ0v) is 20.7. The second-order valence-corrected chi connectivity index (χ2v) is 9.25. The van der Waals surface area contributed by atoms with Gasteiger partial charge in [0.1, 0.15) is 23.1 Å². The molecule has 196 valence electrons. The SMILES string of the molecule is CNCC(C[C@]1(c2ccc(F)cc2)CCN([C@@H](C)c2ccc(-c3ccc(F)cc3F)cc2)C(=O)O1)ON. The lowest BCUT2D eigenvalue weighted by Crippen LogP contribution is -2.51. The maximum atomic E-state index is 14.2. The van der Waals surface area contributed by atoms with Gasteiger partial charge in [-0.15, -0.1) is 0 Å². The Morgan fingerprint density at radius 2 is 1.73 bits per heavy atom. The highest BCUT2D eigenvalue weighted by molar-refractivity contribution is 5.70. The summed E-state index contributed by atoms with van der Waals surface area (Å²) in [5.74, 6) is 3.83. The highest BCUT2D eigenvalue weighted by Crippen LogP contribution is 2.41. The zero-order valence-electron chi connectivity index (χ0n) is 20.7. The average Bonchev–Trinajstić information content (AvgIpc) is 2.89. The molecule has 1 fully saturated rings. The summed E-state index contributed by atoms with van der Waals surface area (Å²) in [6.45, 7) is 2.70. The lowest BCUT2D eigenvalue weighted by Gasteiger charge is -2.44. The Hall–Kier alpha value is -3.40. The summed E-state index contributed by atoms with van der Waals surface area (Å²) in [5.41, 5.74) is 1.35. The molecule has 1 unspecified atom stereocenters. The molecule has 6 nitrogen and oxygen atoms in total. The maximum absolute atomic E-state index is 14.2. The summed E-state index contributed by atoms with van der Waals surface area (Å²) in [6.07, 6.45) is -0.220. The number of carbonyl (C=O) groups excluding carboxylic acids is 1. The van der Waals surface area contributed by atoms with Gasteiger partial charge in [-0.25, -0.2) is 23.9 Å². The number of benzene rings is 3. The first kappa shape index (κ1) is 26.7. The Balaban J connectivity index is 1.54. The van der Waals surface area contributed by atoms with Crippen LogP contribution in [-0.2, 0) is 15.2 Å². The Morgan fingerprint density at radius 3 is 2.32 bits per heavy atom. The quantitative estimate of drug-likeness (QED) is 0.373. The molecule has 0 saturated carbocycles. The molecule has 1 heterocycles. The Bertz CT molecular complexity index is 1220. The second-order valence-electron chi connectivity index (χ2n) is 9.25. The van der Waals surface area contributed by atoms with Gasteiger partial charge in [-0.1, -0.05) is 36.4 Å². The van der Waals surface area contributed by atoms with E-state index in [4.69, 9.17) is 15.5 Å². The van der Waals surface area contributed by atoms with Crippen LogP contribution in [0.25, 0.3) is 11.1 Å². The molecule has 1 aliphatic heterocycles. The van der Waals surface area contributed by atoms with Crippen molar-refractivity contribution in [2.75, 3.05) is 20.1 Å². The minimum absolute atomic E-state index is 0.292. The van der Waals surface area contributed by atoms with Gasteiger partial charge in [-0.2, -0.15) is 0 Å². The number of ether oxygens (including phenoxy) is 1. The van der Waals surface area contributed by atoms with Crippen molar-refractivity contribution in [2.45, 2.75) is 37.5 Å². The number of nitrogens with two attached hydrogens (primary N) is 1. The highest BCUT2D eigenvalue weighted by Gasteiger charge is 2.45. The Morgan fingerprint density at radius 1 is 1.05 bits per heavy atom. The fourth-order valence-corrected chi connectivity index (χ4v) is 4.85. The Kier molecular flexibility index (Phi) is 8.16. The van der Waals surface area contributed by atoms with Crippen molar-refractivity contribution in [2.24, 2.45) is 5.90 Å². The molecular weight excluding hydrogens is 483 g/mol. The number of hydrogen-bond donors (Lipinski definition) is 2. The van der Waals surface area contributed by atoms with E-state index in [2.05, 4.69) is 5.32 Å². The molecule has 37 heavy (non-hydrogen) atoms. The standard InChI is InChI=1S/C28H30F3N3O3/c1-18(19-3-5-20(6-4-19)25-12-11-23(30)15-26(25)31)34-14-13-28(36-27(34)35,16-24(37-32)17-33-2)21-7-9-22(29)10-8-21/h3-12,15,18,24,33H,13-14,16-17,32H2,1-2H3/t18-,24?,28-/m0/s1. The van der Waals surface area contributed by atoms with Gasteiger partial charge in [-0.05, 0) is 54.9 Å². The van der Waals surface area contributed by atoms with Gasteiger partial charge in [0.2, 0.25) is 0 Å². The largest absolute Gasteiger partial charge is 0.438 e. The van der Waals surface area contributed by atoms with Crippen LogP contribution in [0.15, 0.2) is 66.7 Å². The Labute approximate surface area is 214 Å². The molecule has 0 aliphatic carbocycles. The van der Waals surface area contributed by atoms with E-state index < -0.39 is 29.4 Å². The van der Waals surface area contributed by atoms with E-state index in [0.29, 0.717) is 42.6 Å². The minimum Gasteiger partial charge on any atom is -0.438 e. The van der Waals surface area contributed by atoms with Crippen LogP contribution in [0.2, 0.25) is 0 Å². The maximum Gasteiger partial charge on any atom is 0.411 e. The fraction of sp³-hybridized carbons (Fsp3) is 0.321. The van der Waals surface area contributed by atoms with Crippen LogP contribution < -0.4 is 11.2 Å². The molecule has 3 atom stereocenters. The molecule has 1 aliphatic rings. The summed E-state index contributed by atoms with van der Waals surface area (Å²) in [5, 5.41) is 3.01. The third-order valence-corrected chi connectivity index (χ3v) is 6.93. The first-order valence-electron chi connectivity index (χ1n) is 12.1. The van der Waals surface area contributed by atoms with E-state index >= 15 is 0 Å². The smallest absolute Gasteiger partial charge is 0.411 e. The van der Waals surface area contributed by atoms with Crippen LogP contribution in [0, 0.1) is 17.5 Å². The lowest BCUT2D eigenvalue weighted by atomic mass is 9.83. The van der Waals surface area contributed by atoms with E-state index in [-0.39, 0.29) is 11.9 Å². The van der Waals surface area contributed by atoms with Gasteiger partial charge in [0, 0.05) is 37.6 Å². The van der Waals surface area contributed by atoms with Crippen LogP contribution in [0.1, 0.15) is 36.9 Å². The molecule has 3 aromatic carbocycles. The summed E-state index contributed by atoms with van der Waals surface area (Å²) in [7, 11) is 1.77. The van der Waals surface area contributed by atoms with Crippen molar-refractivity contribution >= 4 is 6.09 Å². The highest BCUT2D eigenvalue weighted by atomic mass is 19.1. The molecule has 3 aromatic rings. The van der Waals surface area contributed by atoms with Crippen LogP contribution in [0.3, 0.4) is 0 Å².